The van der Waals surface area contributed by atoms with Gasteiger partial charge in [0, 0.05) is 54.0 Å². The lowest BCUT2D eigenvalue weighted by Gasteiger charge is -2.45. The molecule has 1 amide bonds. The van der Waals surface area contributed by atoms with E-state index in [4.69, 9.17) is 15.4 Å². The molecule has 1 aromatic carbocycles. The molecule has 41 heavy (non-hydrogen) atoms. The van der Waals surface area contributed by atoms with E-state index in [0.717, 1.165) is 17.7 Å². The number of thiol groups is 1. The van der Waals surface area contributed by atoms with Gasteiger partial charge in [-0.2, -0.15) is 18.2 Å². The summed E-state index contributed by atoms with van der Waals surface area (Å²) >= 11 is 0. The standard InChI is InChI=1S/C28H33ClF3N5O3S/c1-16-12-35(13-17(2)37(16)26(39)40-27(3,4)5)24-21-9-20(28(30,31)32)10-22-23(21)36(25(38)34-24)14-19(15-41(22)29)18-7-6-8-33-11-18/h6-11,16-17,19,41H,12-15H2,1-5H3/t16-,17+,19-/m0/s1. The molecule has 4 heterocycles. The Kier molecular flexibility index (Phi) is 7.69. The normalized spacial score (nSPS) is 24.3. The average Bonchev–Trinajstić information content (AvgIpc) is 3.02. The maximum atomic E-state index is 14.2. The molecule has 222 valence electrons. The van der Waals surface area contributed by atoms with Gasteiger partial charge >= 0.3 is 18.0 Å². The fourth-order valence-corrected chi connectivity index (χ4v) is 8.25. The fraction of sp³-hybridized carbons (Fsp3) is 0.500. The molecule has 4 atom stereocenters. The molecule has 1 fully saturated rings. The van der Waals surface area contributed by atoms with Crippen LogP contribution in [0.1, 0.15) is 51.7 Å². The van der Waals surface area contributed by atoms with Crippen LogP contribution in [0.3, 0.4) is 0 Å². The lowest BCUT2D eigenvalue weighted by Crippen LogP contribution is -2.59. The van der Waals surface area contributed by atoms with Gasteiger partial charge in [-0.15, -0.1) is 10.1 Å². The molecule has 1 saturated heterocycles. The number of ether oxygens (including phenoxy) is 1. The lowest BCUT2D eigenvalue weighted by atomic mass is 10.0. The Morgan fingerprint density at radius 1 is 1.12 bits per heavy atom. The Morgan fingerprint density at radius 3 is 2.39 bits per heavy atom. The van der Waals surface area contributed by atoms with E-state index in [0.29, 0.717) is 16.2 Å². The molecule has 0 aliphatic carbocycles. The number of carbonyl (C=O) groups is 1. The number of aromatic nitrogens is 3. The van der Waals surface area contributed by atoms with Crippen LogP contribution in [0.2, 0.25) is 0 Å². The van der Waals surface area contributed by atoms with Crippen LogP contribution in [0.4, 0.5) is 23.8 Å². The molecule has 0 bridgehead atoms. The van der Waals surface area contributed by atoms with Gasteiger partial charge in [0.05, 0.1) is 23.2 Å². The van der Waals surface area contributed by atoms with E-state index in [1.54, 1.807) is 49.0 Å². The van der Waals surface area contributed by atoms with Crippen molar-refractivity contribution >= 4 is 43.6 Å². The number of halogens is 4. The van der Waals surface area contributed by atoms with Gasteiger partial charge in [-0.25, -0.2) is 9.59 Å². The molecule has 0 radical (unpaired) electrons. The number of benzene rings is 1. The Morgan fingerprint density at radius 2 is 1.80 bits per heavy atom. The van der Waals surface area contributed by atoms with Crippen molar-refractivity contribution < 1.29 is 22.7 Å². The van der Waals surface area contributed by atoms with E-state index in [9.17, 15) is 22.8 Å². The first-order valence-corrected chi connectivity index (χ1v) is 15.8. The number of pyridine rings is 1. The Bertz CT molecular complexity index is 1520. The predicted molar refractivity (Wildman–Crippen MR) is 155 cm³/mol. The zero-order valence-electron chi connectivity index (χ0n) is 23.4. The third kappa shape index (κ3) is 5.86. The summed E-state index contributed by atoms with van der Waals surface area (Å²) in [6.45, 7) is 9.78. The van der Waals surface area contributed by atoms with Crippen molar-refractivity contribution in [2.75, 3.05) is 23.7 Å². The molecule has 8 nitrogen and oxygen atoms in total. The highest BCUT2D eigenvalue weighted by molar-refractivity contribution is 8.36. The van der Waals surface area contributed by atoms with E-state index >= 15 is 0 Å². The summed E-state index contributed by atoms with van der Waals surface area (Å²) in [5.41, 5.74) is -0.834. The van der Waals surface area contributed by atoms with Gasteiger partial charge in [0.15, 0.2) is 0 Å². The molecule has 1 unspecified atom stereocenters. The Hall–Kier alpha value is -2.99. The second-order valence-electron chi connectivity index (χ2n) is 11.7. The first-order chi connectivity index (χ1) is 19.1. The molecular formula is C28H33ClF3N5O3S. The second-order valence-corrected chi connectivity index (χ2v) is 14.5. The minimum Gasteiger partial charge on any atom is -0.444 e. The smallest absolute Gasteiger partial charge is 0.416 e. The van der Waals surface area contributed by atoms with Crippen LogP contribution < -0.4 is 10.6 Å². The number of carbonyl (C=O) groups excluding carboxylic acids is 1. The monoisotopic (exact) mass is 611 g/mol. The predicted octanol–water partition coefficient (Wildman–Crippen LogP) is 5.96. The molecule has 5 rings (SSSR count). The quantitative estimate of drug-likeness (QED) is 0.361. The van der Waals surface area contributed by atoms with Crippen LogP contribution >= 0.6 is 20.8 Å². The number of piperazine rings is 1. The highest BCUT2D eigenvalue weighted by Gasteiger charge is 2.39. The SMILES string of the molecule is C[C@@H]1CN(c2nc(=O)n3c4c(cc(C(F)(F)F)cc24)[SH](Cl)C[C@@H](c2cccnc2)C3)C[C@H](C)N1C(=O)OC(C)(C)C. The van der Waals surface area contributed by atoms with Crippen LogP contribution in [0.25, 0.3) is 10.9 Å². The maximum absolute atomic E-state index is 14.2. The van der Waals surface area contributed by atoms with Crippen molar-refractivity contribution in [3.05, 3.63) is 58.3 Å². The molecule has 2 aliphatic heterocycles. The van der Waals surface area contributed by atoms with Gasteiger partial charge in [0.1, 0.15) is 11.4 Å². The van der Waals surface area contributed by atoms with E-state index in [1.807, 2.05) is 19.9 Å². The van der Waals surface area contributed by atoms with Gasteiger partial charge < -0.3 is 9.64 Å². The molecule has 13 heteroatoms. The summed E-state index contributed by atoms with van der Waals surface area (Å²) in [5, 5.41) is 0.222. The third-order valence-electron chi connectivity index (χ3n) is 7.38. The van der Waals surface area contributed by atoms with Crippen LogP contribution in [-0.4, -0.2) is 62.1 Å². The van der Waals surface area contributed by atoms with E-state index in [1.165, 1.54) is 4.57 Å². The minimum atomic E-state index is -4.62. The van der Waals surface area contributed by atoms with Crippen molar-refractivity contribution in [1.82, 2.24) is 19.4 Å². The van der Waals surface area contributed by atoms with Gasteiger partial charge in [0.2, 0.25) is 0 Å². The van der Waals surface area contributed by atoms with Crippen molar-refractivity contribution in [3.8, 4) is 0 Å². The second kappa shape index (κ2) is 10.7. The number of amides is 1. The number of anilines is 1. The molecule has 0 spiro atoms. The fourth-order valence-electron chi connectivity index (χ4n) is 5.71. The topological polar surface area (TPSA) is 80.6 Å². The number of rotatable bonds is 2. The molecular weight excluding hydrogens is 579 g/mol. The third-order valence-corrected chi connectivity index (χ3v) is 9.97. The number of hydrogen-bond acceptors (Lipinski definition) is 6. The van der Waals surface area contributed by atoms with Crippen molar-refractivity contribution in [2.45, 2.75) is 75.8 Å². The van der Waals surface area contributed by atoms with Crippen LogP contribution in [0, 0.1) is 0 Å². The molecule has 0 saturated carbocycles. The van der Waals surface area contributed by atoms with Crippen molar-refractivity contribution in [3.63, 3.8) is 0 Å². The number of alkyl halides is 3. The first kappa shape index (κ1) is 29.5. The van der Waals surface area contributed by atoms with Crippen molar-refractivity contribution in [2.24, 2.45) is 0 Å². The summed E-state index contributed by atoms with van der Waals surface area (Å²) in [4.78, 5) is 38.8. The van der Waals surface area contributed by atoms with Gasteiger partial charge in [0.25, 0.3) is 0 Å². The van der Waals surface area contributed by atoms with Gasteiger partial charge in [-0.05, 0) is 58.4 Å². The van der Waals surface area contributed by atoms with Gasteiger partial charge in [-0.3, -0.25) is 14.5 Å². The average molecular weight is 612 g/mol. The van der Waals surface area contributed by atoms with Crippen LogP contribution in [0.5, 0.6) is 0 Å². The van der Waals surface area contributed by atoms with E-state index < -0.39 is 39.2 Å². The zero-order chi connectivity index (χ0) is 29.9. The van der Waals surface area contributed by atoms with Crippen LogP contribution in [-0.2, 0) is 17.5 Å². The molecule has 2 aromatic heterocycles. The first-order valence-electron chi connectivity index (χ1n) is 13.4. The summed E-state index contributed by atoms with van der Waals surface area (Å²) in [5.74, 6) is 0.328. The van der Waals surface area contributed by atoms with Crippen molar-refractivity contribution in [1.29, 1.82) is 0 Å². The maximum Gasteiger partial charge on any atom is 0.416 e. The Balaban J connectivity index is 1.63. The molecule has 3 aromatic rings. The minimum absolute atomic E-state index is 0.163. The number of nitrogens with zero attached hydrogens (tertiary/aromatic N) is 5. The lowest BCUT2D eigenvalue weighted by molar-refractivity contribution is -0.137. The molecule has 2 aliphatic rings. The van der Waals surface area contributed by atoms with Crippen LogP contribution in [0.15, 0.2) is 46.3 Å². The molecule has 0 N–H and O–H groups in total. The van der Waals surface area contributed by atoms with E-state index in [-0.39, 0.29) is 48.8 Å². The van der Waals surface area contributed by atoms with E-state index in [2.05, 4.69) is 9.97 Å². The summed E-state index contributed by atoms with van der Waals surface area (Å²) in [6.07, 6.45) is -1.76. The largest absolute Gasteiger partial charge is 0.444 e. The zero-order valence-corrected chi connectivity index (χ0v) is 25.1. The highest BCUT2D eigenvalue weighted by Crippen LogP contribution is 2.52. The highest BCUT2D eigenvalue weighted by atomic mass is 35.7. The summed E-state index contributed by atoms with van der Waals surface area (Å²) in [6, 6.07) is 5.11. The van der Waals surface area contributed by atoms with Gasteiger partial charge in [-0.1, -0.05) is 16.7 Å². The summed E-state index contributed by atoms with van der Waals surface area (Å²) in [7, 11) is 5.33. The number of hydrogen-bond donors (Lipinski definition) is 1. The Labute approximate surface area is 243 Å². The summed E-state index contributed by atoms with van der Waals surface area (Å²) < 4.78 is 49.6.